The molecule has 1 heterocycles. The molecule has 0 bridgehead atoms. The van der Waals surface area contributed by atoms with Gasteiger partial charge < -0.3 is 5.32 Å². The van der Waals surface area contributed by atoms with Crippen LogP contribution in [0.2, 0.25) is 0 Å². The number of thioether (sulfide) groups is 1. The summed E-state index contributed by atoms with van der Waals surface area (Å²) in [5.74, 6) is -0.140. The minimum atomic E-state index is -0.548. The van der Waals surface area contributed by atoms with Crippen LogP contribution in [0.3, 0.4) is 0 Å². The lowest BCUT2D eigenvalue weighted by Gasteiger charge is -2.02. The van der Waals surface area contributed by atoms with Gasteiger partial charge >= 0.3 is 0 Å². The number of carbonyl (C=O) groups is 1. The van der Waals surface area contributed by atoms with Crippen molar-refractivity contribution in [2.75, 3.05) is 11.9 Å². The fraction of sp³-hybridized carbons (Fsp3) is 0.118. The van der Waals surface area contributed by atoms with Crippen LogP contribution in [0.25, 0.3) is 0 Å². The molecule has 2 aromatic carbocycles. The number of Topliss-reactive ketones (excluding diaryl/α,β-unsaturated/α-hetero) is 1. The van der Waals surface area contributed by atoms with E-state index in [0.717, 1.165) is 0 Å². The van der Waals surface area contributed by atoms with Gasteiger partial charge in [0.1, 0.15) is 5.82 Å². The van der Waals surface area contributed by atoms with Gasteiger partial charge in [0.25, 0.3) is 5.69 Å². The fourth-order valence-electron chi connectivity index (χ4n) is 2.15. The minimum absolute atomic E-state index is 0.0617. The summed E-state index contributed by atoms with van der Waals surface area (Å²) in [6.45, 7) is -0.0617. The number of aromatic nitrogens is 2. The molecule has 10 heteroatoms. The Morgan fingerprint density at radius 2 is 2.04 bits per heavy atom. The molecule has 3 rings (SSSR count). The normalized spacial score (nSPS) is 10.6. The first-order valence-corrected chi connectivity index (χ1v) is 9.54. The molecule has 0 saturated carbocycles. The van der Waals surface area contributed by atoms with E-state index in [2.05, 4.69) is 15.5 Å². The topological polar surface area (TPSA) is 98.0 Å². The zero-order valence-electron chi connectivity index (χ0n) is 13.8. The highest BCUT2D eigenvalue weighted by Gasteiger charge is 2.13. The Morgan fingerprint density at radius 1 is 1.22 bits per heavy atom. The molecule has 3 aromatic rings. The molecule has 0 amide bonds. The van der Waals surface area contributed by atoms with Crippen LogP contribution in [-0.4, -0.2) is 27.4 Å². The van der Waals surface area contributed by atoms with Crippen molar-refractivity contribution in [1.29, 1.82) is 0 Å². The van der Waals surface area contributed by atoms with Crippen molar-refractivity contribution in [3.63, 3.8) is 0 Å². The maximum absolute atomic E-state index is 13.6. The average Bonchev–Trinajstić information content (AvgIpc) is 3.13. The number of halogens is 1. The quantitative estimate of drug-likeness (QED) is 0.260. The summed E-state index contributed by atoms with van der Waals surface area (Å²) < 4.78 is 14.3. The molecule has 0 aliphatic carbocycles. The monoisotopic (exact) mass is 404 g/mol. The summed E-state index contributed by atoms with van der Waals surface area (Å²) >= 11 is 2.60. The third-order valence-corrected chi connectivity index (χ3v) is 5.56. The third kappa shape index (κ3) is 5.08. The largest absolute Gasteiger partial charge is 0.353 e. The number of non-ortho nitro benzene ring substituents is 1. The second-order valence-electron chi connectivity index (χ2n) is 5.34. The molecule has 0 saturated heterocycles. The Bertz CT molecular complexity index is 980. The van der Waals surface area contributed by atoms with Crippen LogP contribution in [-0.2, 0) is 5.75 Å². The number of rotatable bonds is 8. The Kier molecular flexibility index (Phi) is 6.09. The van der Waals surface area contributed by atoms with Crippen molar-refractivity contribution in [3.8, 4) is 0 Å². The van der Waals surface area contributed by atoms with Crippen molar-refractivity contribution in [1.82, 2.24) is 10.2 Å². The third-order valence-electron chi connectivity index (χ3n) is 3.49. The number of carbonyl (C=O) groups excluding carboxylic acids is 1. The smallest absolute Gasteiger partial charge is 0.270 e. The molecule has 27 heavy (non-hydrogen) atoms. The maximum atomic E-state index is 13.6. The van der Waals surface area contributed by atoms with Crippen LogP contribution in [0, 0.1) is 15.9 Å². The summed E-state index contributed by atoms with van der Waals surface area (Å²) in [6.07, 6.45) is 0. The molecule has 1 aromatic heterocycles. The number of ketones is 1. The van der Waals surface area contributed by atoms with Crippen LogP contribution in [0.1, 0.15) is 15.9 Å². The van der Waals surface area contributed by atoms with Crippen molar-refractivity contribution in [2.24, 2.45) is 0 Å². The molecule has 1 N–H and O–H groups in total. The Labute approximate surface area is 161 Å². The van der Waals surface area contributed by atoms with Crippen LogP contribution in [0.4, 0.5) is 15.2 Å². The summed E-state index contributed by atoms with van der Waals surface area (Å²) in [5.41, 5.74) is 0.687. The second-order valence-corrected chi connectivity index (χ2v) is 7.54. The molecule has 0 unspecified atom stereocenters. The Balaban J connectivity index is 1.55. The van der Waals surface area contributed by atoms with Gasteiger partial charge in [-0.1, -0.05) is 53.4 Å². The number of anilines is 1. The molecule has 0 aliphatic heterocycles. The summed E-state index contributed by atoms with van der Waals surface area (Å²) in [4.78, 5) is 22.4. The van der Waals surface area contributed by atoms with E-state index in [1.807, 2.05) is 0 Å². The fourth-order valence-corrected chi connectivity index (χ4v) is 3.88. The van der Waals surface area contributed by atoms with Crippen molar-refractivity contribution >= 4 is 39.7 Å². The summed E-state index contributed by atoms with van der Waals surface area (Å²) in [5, 5.41) is 22.0. The number of benzene rings is 2. The van der Waals surface area contributed by atoms with Crippen molar-refractivity contribution in [3.05, 3.63) is 75.6 Å². The molecule has 0 radical (unpaired) electrons. The van der Waals surface area contributed by atoms with E-state index < -0.39 is 4.92 Å². The van der Waals surface area contributed by atoms with Gasteiger partial charge in [-0.05, 0) is 11.6 Å². The van der Waals surface area contributed by atoms with Crippen LogP contribution in [0.5, 0.6) is 0 Å². The number of nitrogens with one attached hydrogen (secondary N) is 1. The molecule has 0 aliphatic rings. The summed E-state index contributed by atoms with van der Waals surface area (Å²) in [7, 11) is 0. The first kappa shape index (κ1) is 18.9. The van der Waals surface area contributed by atoms with Gasteiger partial charge in [-0.2, -0.15) is 0 Å². The lowest BCUT2D eigenvalue weighted by atomic mass is 10.1. The van der Waals surface area contributed by atoms with E-state index in [-0.39, 0.29) is 29.4 Å². The van der Waals surface area contributed by atoms with Crippen LogP contribution >= 0.6 is 23.1 Å². The van der Waals surface area contributed by atoms with Gasteiger partial charge in [0.15, 0.2) is 10.1 Å². The number of nitro benzene ring substituents is 1. The van der Waals surface area contributed by atoms with Gasteiger partial charge in [-0.15, -0.1) is 10.2 Å². The minimum Gasteiger partial charge on any atom is -0.353 e. The Morgan fingerprint density at radius 3 is 2.81 bits per heavy atom. The molecule has 138 valence electrons. The number of nitro groups is 1. The maximum Gasteiger partial charge on any atom is 0.270 e. The number of nitrogens with zero attached hydrogens (tertiary/aromatic N) is 3. The van der Waals surface area contributed by atoms with E-state index in [0.29, 0.717) is 20.8 Å². The second kappa shape index (κ2) is 8.69. The predicted octanol–water partition coefficient (Wildman–Crippen LogP) is 4.17. The van der Waals surface area contributed by atoms with Gasteiger partial charge in [0, 0.05) is 23.4 Å². The van der Waals surface area contributed by atoms with Gasteiger partial charge in [0.05, 0.1) is 11.5 Å². The lowest BCUT2D eigenvalue weighted by Crippen LogP contribution is -2.14. The summed E-state index contributed by atoms with van der Waals surface area (Å²) in [6, 6.07) is 12.1. The molecular weight excluding hydrogens is 391 g/mol. The molecule has 0 fully saturated rings. The highest BCUT2D eigenvalue weighted by Crippen LogP contribution is 2.29. The first-order chi connectivity index (χ1) is 13.0. The van der Waals surface area contributed by atoms with Gasteiger partial charge in [-0.25, -0.2) is 4.39 Å². The number of hydrogen-bond donors (Lipinski definition) is 1. The predicted molar refractivity (Wildman–Crippen MR) is 102 cm³/mol. The molecule has 7 nitrogen and oxygen atoms in total. The molecule has 0 spiro atoms. The van der Waals surface area contributed by atoms with Gasteiger partial charge in [-0.3, -0.25) is 14.9 Å². The average molecular weight is 404 g/mol. The lowest BCUT2D eigenvalue weighted by molar-refractivity contribution is -0.384. The zero-order chi connectivity index (χ0) is 19.2. The Hall–Kier alpha value is -2.85. The van der Waals surface area contributed by atoms with E-state index in [1.54, 1.807) is 18.2 Å². The van der Waals surface area contributed by atoms with E-state index in [9.17, 15) is 19.3 Å². The zero-order valence-corrected chi connectivity index (χ0v) is 15.4. The van der Waals surface area contributed by atoms with Gasteiger partial charge in [0.2, 0.25) is 5.13 Å². The molecule has 0 atom stereocenters. The van der Waals surface area contributed by atoms with Crippen molar-refractivity contribution in [2.45, 2.75) is 10.1 Å². The first-order valence-electron chi connectivity index (χ1n) is 7.74. The highest BCUT2D eigenvalue weighted by molar-refractivity contribution is 8.00. The number of hydrogen-bond acceptors (Lipinski definition) is 8. The van der Waals surface area contributed by atoms with E-state index in [1.165, 1.54) is 53.4 Å². The van der Waals surface area contributed by atoms with Crippen LogP contribution in [0.15, 0.2) is 52.9 Å². The van der Waals surface area contributed by atoms with E-state index in [4.69, 9.17) is 0 Å². The molecular formula is C17H13FN4O3S2. The SMILES string of the molecule is O=C(CNc1nnc(SCc2ccccc2F)s1)c1cccc([N+](=O)[O-])c1. The highest BCUT2D eigenvalue weighted by atomic mass is 32.2. The standard InChI is InChI=1S/C17H13FN4O3S2/c18-14-7-2-1-4-12(14)10-26-17-21-20-16(27-17)19-9-15(23)11-5-3-6-13(8-11)22(24)25/h1-8H,9-10H2,(H,19,20). The van der Waals surface area contributed by atoms with Crippen LogP contribution < -0.4 is 5.32 Å². The van der Waals surface area contributed by atoms with Crippen molar-refractivity contribution < 1.29 is 14.1 Å². The van der Waals surface area contributed by atoms with E-state index >= 15 is 0 Å².